The first-order chi connectivity index (χ1) is 11.3. The van der Waals surface area contributed by atoms with Gasteiger partial charge in [0.15, 0.2) is 11.5 Å². The van der Waals surface area contributed by atoms with Crippen LogP contribution in [0.25, 0.3) is 0 Å². The zero-order valence-electron chi connectivity index (χ0n) is 13.8. The van der Waals surface area contributed by atoms with Crippen molar-refractivity contribution in [3.05, 3.63) is 59.7 Å². The van der Waals surface area contributed by atoms with E-state index in [-0.39, 0.29) is 0 Å². The summed E-state index contributed by atoms with van der Waals surface area (Å²) >= 11 is 0. The molecule has 3 rings (SSSR count). The van der Waals surface area contributed by atoms with Gasteiger partial charge in [-0.1, -0.05) is 30.3 Å². The van der Waals surface area contributed by atoms with Crippen molar-refractivity contribution in [2.45, 2.75) is 44.9 Å². The maximum Gasteiger partial charge on any atom is 0.161 e. The Balaban J connectivity index is 1.59. The lowest BCUT2D eigenvalue weighted by molar-refractivity contribution is -0.703. The van der Waals surface area contributed by atoms with Crippen LogP contribution in [0.5, 0.6) is 11.5 Å². The van der Waals surface area contributed by atoms with E-state index in [1.807, 2.05) is 24.3 Å². The first-order valence-corrected chi connectivity index (χ1v) is 8.52. The Labute approximate surface area is 138 Å². The fourth-order valence-electron chi connectivity index (χ4n) is 3.19. The van der Waals surface area contributed by atoms with Crippen LogP contribution in [0.2, 0.25) is 0 Å². The van der Waals surface area contributed by atoms with Gasteiger partial charge in [0.1, 0.15) is 13.2 Å². The number of hydrogen-bond donors (Lipinski definition) is 1. The number of hydrogen-bond acceptors (Lipinski definition) is 2. The first kappa shape index (κ1) is 15.9. The molecule has 1 fully saturated rings. The zero-order chi connectivity index (χ0) is 15.9. The third-order valence-corrected chi connectivity index (χ3v) is 4.55. The van der Waals surface area contributed by atoms with Gasteiger partial charge in [0.2, 0.25) is 0 Å². The highest BCUT2D eigenvalue weighted by Gasteiger charge is 2.17. The van der Waals surface area contributed by atoms with Crippen LogP contribution >= 0.6 is 0 Å². The molecule has 0 aromatic heterocycles. The fraction of sp³-hybridized carbons (Fsp3) is 0.400. The van der Waals surface area contributed by atoms with Crippen molar-refractivity contribution >= 4 is 0 Å². The summed E-state index contributed by atoms with van der Waals surface area (Å²) < 4.78 is 11.4. The number of ether oxygens (including phenoxy) is 2. The Morgan fingerprint density at radius 3 is 2.48 bits per heavy atom. The van der Waals surface area contributed by atoms with Crippen molar-refractivity contribution in [1.82, 2.24) is 0 Å². The lowest BCUT2D eigenvalue weighted by Gasteiger charge is -2.13. The largest absolute Gasteiger partial charge is 0.493 e. The van der Waals surface area contributed by atoms with E-state index in [1.54, 1.807) is 7.11 Å². The minimum absolute atomic E-state index is 0.560. The molecule has 0 amide bonds. The highest BCUT2D eigenvalue weighted by atomic mass is 16.5. The Kier molecular flexibility index (Phi) is 5.54. The number of benzene rings is 2. The van der Waals surface area contributed by atoms with Gasteiger partial charge in [0.05, 0.1) is 13.2 Å². The number of nitrogens with two attached hydrogens (primary N) is 1. The van der Waals surface area contributed by atoms with Gasteiger partial charge in [0.25, 0.3) is 0 Å². The van der Waals surface area contributed by atoms with Crippen LogP contribution in [-0.2, 0) is 13.2 Å². The molecule has 2 N–H and O–H groups in total. The third-order valence-electron chi connectivity index (χ3n) is 4.55. The van der Waals surface area contributed by atoms with E-state index in [0.717, 1.165) is 29.6 Å². The molecule has 1 aliphatic rings. The van der Waals surface area contributed by atoms with E-state index in [9.17, 15) is 0 Å². The van der Waals surface area contributed by atoms with Gasteiger partial charge in [-0.2, -0.15) is 0 Å². The van der Waals surface area contributed by atoms with E-state index < -0.39 is 0 Å². The second-order valence-electron chi connectivity index (χ2n) is 6.24. The van der Waals surface area contributed by atoms with Gasteiger partial charge < -0.3 is 14.8 Å². The molecule has 0 radical (unpaired) electrons. The summed E-state index contributed by atoms with van der Waals surface area (Å²) in [4.78, 5) is 0. The van der Waals surface area contributed by atoms with E-state index in [2.05, 4.69) is 29.6 Å². The smallest absolute Gasteiger partial charge is 0.161 e. The summed E-state index contributed by atoms with van der Waals surface area (Å²) in [7, 11) is 1.70. The molecule has 3 heteroatoms. The third kappa shape index (κ3) is 4.49. The second-order valence-corrected chi connectivity index (χ2v) is 6.24. The topological polar surface area (TPSA) is 35.1 Å². The molecule has 2 aromatic carbocycles. The van der Waals surface area contributed by atoms with E-state index in [4.69, 9.17) is 9.47 Å². The second kappa shape index (κ2) is 8.02. The first-order valence-electron chi connectivity index (χ1n) is 8.52. The van der Waals surface area contributed by atoms with Gasteiger partial charge in [-0.15, -0.1) is 0 Å². The average Bonchev–Trinajstić information content (AvgIpc) is 3.13. The van der Waals surface area contributed by atoms with Crippen molar-refractivity contribution in [1.29, 1.82) is 0 Å². The molecule has 2 aromatic rings. The molecule has 0 aliphatic heterocycles. The van der Waals surface area contributed by atoms with Crippen LogP contribution in [0.3, 0.4) is 0 Å². The van der Waals surface area contributed by atoms with Gasteiger partial charge in [-0.3, -0.25) is 0 Å². The molecule has 122 valence electrons. The van der Waals surface area contributed by atoms with Gasteiger partial charge in [-0.05, 0) is 49.4 Å². The molecule has 0 bridgehead atoms. The maximum absolute atomic E-state index is 5.91. The fourth-order valence-corrected chi connectivity index (χ4v) is 3.19. The van der Waals surface area contributed by atoms with Gasteiger partial charge >= 0.3 is 0 Å². The molecular formula is C20H26NO2+. The summed E-state index contributed by atoms with van der Waals surface area (Å²) in [5, 5.41) is 2.46. The predicted molar refractivity (Wildman–Crippen MR) is 91.7 cm³/mol. The Hall–Kier alpha value is -2.00. The van der Waals surface area contributed by atoms with Crippen molar-refractivity contribution in [3.8, 4) is 11.5 Å². The van der Waals surface area contributed by atoms with Crippen molar-refractivity contribution in [2.24, 2.45) is 0 Å². The standard InChI is InChI=1S/C20H25NO2/c1-22-20-13-17(14-21-18-9-5-6-10-18)11-12-19(20)23-15-16-7-3-2-4-8-16/h2-4,7-8,11-13,18,21H,5-6,9-10,14-15H2,1H3/p+1. The maximum atomic E-state index is 5.91. The van der Waals surface area contributed by atoms with Gasteiger partial charge in [-0.25, -0.2) is 0 Å². The number of rotatable bonds is 7. The van der Waals surface area contributed by atoms with Crippen LogP contribution < -0.4 is 14.8 Å². The Morgan fingerprint density at radius 2 is 1.74 bits per heavy atom. The van der Waals surface area contributed by atoms with E-state index in [0.29, 0.717) is 6.61 Å². The summed E-state index contributed by atoms with van der Waals surface area (Å²) in [6.45, 7) is 1.57. The summed E-state index contributed by atoms with van der Waals surface area (Å²) in [6.07, 6.45) is 5.48. The van der Waals surface area contributed by atoms with Crippen LogP contribution in [0.1, 0.15) is 36.8 Å². The molecule has 23 heavy (non-hydrogen) atoms. The van der Waals surface area contributed by atoms with Crippen LogP contribution in [0.15, 0.2) is 48.5 Å². The lowest BCUT2D eigenvalue weighted by atomic mass is 10.1. The molecule has 0 unspecified atom stereocenters. The molecule has 3 nitrogen and oxygen atoms in total. The minimum atomic E-state index is 0.560. The summed E-state index contributed by atoms with van der Waals surface area (Å²) in [5.74, 6) is 1.62. The van der Waals surface area contributed by atoms with Crippen LogP contribution in [0, 0.1) is 0 Å². The lowest BCUT2D eigenvalue weighted by Crippen LogP contribution is -2.87. The van der Waals surface area contributed by atoms with Crippen LogP contribution in [0.4, 0.5) is 0 Å². The van der Waals surface area contributed by atoms with Crippen LogP contribution in [-0.4, -0.2) is 13.2 Å². The molecule has 1 saturated carbocycles. The molecule has 0 spiro atoms. The molecule has 0 atom stereocenters. The molecule has 0 saturated heterocycles. The minimum Gasteiger partial charge on any atom is -0.493 e. The quantitative estimate of drug-likeness (QED) is 0.851. The van der Waals surface area contributed by atoms with Crippen molar-refractivity contribution in [2.75, 3.05) is 7.11 Å². The number of quaternary nitrogens is 1. The van der Waals surface area contributed by atoms with Crippen molar-refractivity contribution < 1.29 is 14.8 Å². The highest BCUT2D eigenvalue weighted by molar-refractivity contribution is 5.42. The average molecular weight is 312 g/mol. The summed E-state index contributed by atoms with van der Waals surface area (Å²) in [6, 6.07) is 17.3. The van der Waals surface area contributed by atoms with Gasteiger partial charge in [0, 0.05) is 5.56 Å². The van der Waals surface area contributed by atoms with E-state index in [1.165, 1.54) is 31.2 Å². The van der Waals surface area contributed by atoms with E-state index >= 15 is 0 Å². The Bertz CT molecular complexity index is 606. The number of methoxy groups -OCH3 is 1. The SMILES string of the molecule is COc1cc(C[NH2+]C2CCCC2)ccc1OCc1ccccc1. The molecule has 0 heterocycles. The Morgan fingerprint density at radius 1 is 0.957 bits per heavy atom. The summed E-state index contributed by atoms with van der Waals surface area (Å²) in [5.41, 5.74) is 2.45. The zero-order valence-corrected chi connectivity index (χ0v) is 13.8. The normalized spacial score (nSPS) is 14.8. The predicted octanol–water partition coefficient (Wildman–Crippen LogP) is 3.28. The molecular weight excluding hydrogens is 286 g/mol. The van der Waals surface area contributed by atoms with Crippen molar-refractivity contribution in [3.63, 3.8) is 0 Å². The molecule has 1 aliphatic carbocycles. The highest BCUT2D eigenvalue weighted by Crippen LogP contribution is 2.28. The monoisotopic (exact) mass is 312 g/mol.